The number of nitrogen functional groups attached to an aromatic ring is 2. The summed E-state index contributed by atoms with van der Waals surface area (Å²) in [7, 11) is 0. The molecule has 0 spiro atoms. The van der Waals surface area contributed by atoms with Crippen LogP contribution in [0, 0.1) is 5.82 Å². The molecule has 0 unspecified atom stereocenters. The highest BCUT2D eigenvalue weighted by molar-refractivity contribution is 7.98. The molecule has 0 radical (unpaired) electrons. The van der Waals surface area contributed by atoms with E-state index in [4.69, 9.17) is 11.5 Å². The number of benzene rings is 1. The molecule has 0 saturated carbocycles. The number of halogens is 1. The van der Waals surface area contributed by atoms with Gasteiger partial charge in [0.25, 0.3) is 0 Å². The maximum Gasteiger partial charge on any atom is 0.138 e. The number of nitrogens with zero attached hydrogens (tertiary/aromatic N) is 1. The van der Waals surface area contributed by atoms with E-state index < -0.39 is 0 Å². The molecule has 5 heteroatoms. The van der Waals surface area contributed by atoms with Crippen LogP contribution in [-0.2, 0) is 5.75 Å². The van der Waals surface area contributed by atoms with Gasteiger partial charge in [0.2, 0.25) is 0 Å². The quantitative estimate of drug-likeness (QED) is 0.648. The molecular weight excluding hydrogens is 237 g/mol. The number of hydrogen-bond donors (Lipinski definition) is 2. The minimum Gasteiger partial charge on any atom is -0.399 e. The van der Waals surface area contributed by atoms with Crippen LogP contribution in [0.25, 0.3) is 0 Å². The average molecular weight is 249 g/mol. The number of rotatable bonds is 3. The third kappa shape index (κ3) is 3.10. The van der Waals surface area contributed by atoms with Gasteiger partial charge < -0.3 is 11.5 Å². The van der Waals surface area contributed by atoms with Crippen molar-refractivity contribution in [1.82, 2.24) is 4.98 Å². The van der Waals surface area contributed by atoms with Crippen molar-refractivity contribution in [2.75, 3.05) is 11.5 Å². The van der Waals surface area contributed by atoms with E-state index in [1.165, 1.54) is 17.8 Å². The molecule has 0 saturated heterocycles. The lowest BCUT2D eigenvalue weighted by Gasteiger charge is -2.04. The molecule has 2 rings (SSSR count). The van der Waals surface area contributed by atoms with E-state index in [1.54, 1.807) is 24.4 Å². The zero-order valence-corrected chi connectivity index (χ0v) is 9.88. The van der Waals surface area contributed by atoms with Crippen LogP contribution in [0.1, 0.15) is 5.56 Å². The molecule has 0 aliphatic heterocycles. The molecule has 1 heterocycles. The summed E-state index contributed by atoms with van der Waals surface area (Å²) in [6, 6.07) is 8.30. The highest BCUT2D eigenvalue weighted by Crippen LogP contribution is 2.26. The third-order valence-electron chi connectivity index (χ3n) is 2.20. The molecule has 0 aliphatic rings. The van der Waals surface area contributed by atoms with E-state index in [-0.39, 0.29) is 5.82 Å². The summed E-state index contributed by atoms with van der Waals surface area (Å²) in [5, 5.41) is 0. The van der Waals surface area contributed by atoms with Gasteiger partial charge in [-0.15, -0.1) is 11.8 Å². The number of hydrogen-bond acceptors (Lipinski definition) is 4. The predicted molar refractivity (Wildman–Crippen MR) is 69.0 cm³/mol. The van der Waals surface area contributed by atoms with Crippen LogP contribution in [-0.4, -0.2) is 4.98 Å². The van der Waals surface area contributed by atoms with Gasteiger partial charge in [0.05, 0.1) is 0 Å². The summed E-state index contributed by atoms with van der Waals surface area (Å²) < 4.78 is 13.5. The van der Waals surface area contributed by atoms with Gasteiger partial charge in [-0.25, -0.2) is 9.37 Å². The molecule has 0 atom stereocenters. The minimum atomic E-state index is -0.293. The van der Waals surface area contributed by atoms with E-state index in [2.05, 4.69) is 4.98 Å². The Hall–Kier alpha value is -1.75. The molecule has 4 N–H and O–H groups in total. The summed E-state index contributed by atoms with van der Waals surface area (Å²) >= 11 is 1.40. The van der Waals surface area contributed by atoms with Gasteiger partial charge in [-0.1, -0.05) is 6.07 Å². The second-order valence-electron chi connectivity index (χ2n) is 3.57. The Bertz CT molecular complexity index is 514. The summed E-state index contributed by atoms with van der Waals surface area (Å²) in [6.45, 7) is 0. The predicted octanol–water partition coefficient (Wildman–Crippen LogP) is 2.68. The Morgan fingerprint density at radius 1 is 1.18 bits per heavy atom. The van der Waals surface area contributed by atoms with Crippen LogP contribution in [0.5, 0.6) is 0 Å². The molecule has 1 aromatic heterocycles. The highest BCUT2D eigenvalue weighted by Gasteiger charge is 2.03. The molecule has 17 heavy (non-hydrogen) atoms. The molecule has 3 nitrogen and oxygen atoms in total. The average Bonchev–Trinajstić information content (AvgIpc) is 2.30. The third-order valence-corrected chi connectivity index (χ3v) is 3.32. The Morgan fingerprint density at radius 3 is 2.65 bits per heavy atom. The fraction of sp³-hybridized carbons (Fsp3) is 0.0833. The maximum atomic E-state index is 13.5. The van der Waals surface area contributed by atoms with Crippen molar-refractivity contribution >= 4 is 23.3 Å². The van der Waals surface area contributed by atoms with E-state index in [0.29, 0.717) is 22.2 Å². The first-order chi connectivity index (χ1) is 8.15. The lowest BCUT2D eigenvalue weighted by Crippen LogP contribution is -1.91. The van der Waals surface area contributed by atoms with Crippen LogP contribution >= 0.6 is 11.8 Å². The fourth-order valence-electron chi connectivity index (χ4n) is 1.32. The second-order valence-corrected chi connectivity index (χ2v) is 4.59. The van der Waals surface area contributed by atoms with Gasteiger partial charge in [-0.2, -0.15) is 0 Å². The molecule has 0 aliphatic carbocycles. The first-order valence-corrected chi connectivity index (χ1v) is 6.02. The van der Waals surface area contributed by atoms with Crippen LogP contribution in [0.2, 0.25) is 0 Å². The zero-order chi connectivity index (χ0) is 12.3. The van der Waals surface area contributed by atoms with Gasteiger partial charge in [0, 0.05) is 22.5 Å². The summed E-state index contributed by atoms with van der Waals surface area (Å²) in [6.07, 6.45) is 1.69. The smallest absolute Gasteiger partial charge is 0.138 e. The topological polar surface area (TPSA) is 64.9 Å². The first-order valence-electron chi connectivity index (χ1n) is 5.03. The molecular formula is C12H12FN3S. The molecule has 1 aromatic carbocycles. The number of anilines is 2. The molecule has 0 bridgehead atoms. The number of pyridine rings is 1. The Balaban J connectivity index is 2.04. The normalized spacial score (nSPS) is 10.4. The van der Waals surface area contributed by atoms with E-state index in [0.717, 1.165) is 5.56 Å². The SMILES string of the molecule is Nc1ccc(SCc2ccc(N)nc2)c(F)c1. The van der Waals surface area contributed by atoms with Crippen molar-refractivity contribution in [3.63, 3.8) is 0 Å². The second kappa shape index (κ2) is 5.05. The Kier molecular flexibility index (Phi) is 3.49. The van der Waals surface area contributed by atoms with Crippen molar-refractivity contribution in [2.45, 2.75) is 10.6 Å². The monoisotopic (exact) mass is 249 g/mol. The summed E-state index contributed by atoms with van der Waals surface area (Å²) in [5.41, 5.74) is 12.4. The van der Waals surface area contributed by atoms with Crippen molar-refractivity contribution < 1.29 is 4.39 Å². The van der Waals surface area contributed by atoms with Gasteiger partial charge in [-0.3, -0.25) is 0 Å². The van der Waals surface area contributed by atoms with Crippen LogP contribution in [0.4, 0.5) is 15.9 Å². The van der Waals surface area contributed by atoms with E-state index in [9.17, 15) is 4.39 Å². The molecule has 0 amide bonds. The van der Waals surface area contributed by atoms with Crippen molar-refractivity contribution in [3.8, 4) is 0 Å². The number of aromatic nitrogens is 1. The highest BCUT2D eigenvalue weighted by atomic mass is 32.2. The van der Waals surface area contributed by atoms with Gasteiger partial charge in [0.15, 0.2) is 0 Å². The van der Waals surface area contributed by atoms with Gasteiger partial charge in [-0.05, 0) is 29.8 Å². The molecule has 88 valence electrons. The lowest BCUT2D eigenvalue weighted by atomic mass is 10.3. The minimum absolute atomic E-state index is 0.293. The number of nitrogens with two attached hydrogens (primary N) is 2. The maximum absolute atomic E-state index is 13.5. The summed E-state index contributed by atoms with van der Waals surface area (Å²) in [4.78, 5) is 4.56. The van der Waals surface area contributed by atoms with Crippen LogP contribution in [0.15, 0.2) is 41.4 Å². The molecule has 2 aromatic rings. The first kappa shape index (κ1) is 11.7. The fourth-order valence-corrected chi connectivity index (χ4v) is 2.17. The largest absolute Gasteiger partial charge is 0.399 e. The standard InChI is InChI=1S/C12H12FN3S/c13-10-5-9(14)2-3-11(10)17-7-8-1-4-12(15)16-6-8/h1-6H,7,14H2,(H2,15,16). The summed E-state index contributed by atoms with van der Waals surface area (Å²) in [5.74, 6) is 0.838. The van der Waals surface area contributed by atoms with Gasteiger partial charge >= 0.3 is 0 Å². The Morgan fingerprint density at radius 2 is 2.00 bits per heavy atom. The van der Waals surface area contributed by atoms with Crippen LogP contribution in [0.3, 0.4) is 0 Å². The van der Waals surface area contributed by atoms with Gasteiger partial charge in [0.1, 0.15) is 11.6 Å². The molecule has 0 fully saturated rings. The Labute approximate surface area is 103 Å². The number of thioether (sulfide) groups is 1. The van der Waals surface area contributed by atoms with E-state index in [1.807, 2.05) is 6.07 Å². The van der Waals surface area contributed by atoms with Crippen molar-refractivity contribution in [3.05, 3.63) is 47.9 Å². The lowest BCUT2D eigenvalue weighted by molar-refractivity contribution is 0.603. The zero-order valence-electron chi connectivity index (χ0n) is 9.06. The van der Waals surface area contributed by atoms with Crippen LogP contribution < -0.4 is 11.5 Å². The van der Waals surface area contributed by atoms with Crippen molar-refractivity contribution in [2.24, 2.45) is 0 Å². The van der Waals surface area contributed by atoms with E-state index >= 15 is 0 Å². The van der Waals surface area contributed by atoms with Crippen molar-refractivity contribution in [1.29, 1.82) is 0 Å².